The molecule has 0 spiro atoms. The summed E-state index contributed by atoms with van der Waals surface area (Å²) in [6, 6.07) is 9.02. The van der Waals surface area contributed by atoms with Crippen LogP contribution in [0.1, 0.15) is 17.8 Å². The molecule has 6 heteroatoms. The van der Waals surface area contributed by atoms with E-state index in [1.165, 1.54) is 11.3 Å². The van der Waals surface area contributed by atoms with Gasteiger partial charge in [0.05, 0.1) is 5.39 Å². The molecule has 1 aliphatic rings. The summed E-state index contributed by atoms with van der Waals surface area (Å²) >= 11 is 1.21. The van der Waals surface area contributed by atoms with E-state index in [0.29, 0.717) is 18.4 Å². The number of nitrogens with zero attached hydrogens (tertiary/aromatic N) is 2. The molecule has 1 aliphatic heterocycles. The van der Waals surface area contributed by atoms with Gasteiger partial charge in [0.15, 0.2) is 0 Å². The molecule has 21 heavy (non-hydrogen) atoms. The Morgan fingerprint density at radius 2 is 2.29 bits per heavy atom. The Hall–Kier alpha value is -2.23. The summed E-state index contributed by atoms with van der Waals surface area (Å²) in [4.78, 5) is 15.9. The van der Waals surface area contributed by atoms with E-state index in [1.807, 2.05) is 12.1 Å². The molecule has 1 fully saturated rings. The highest BCUT2D eigenvalue weighted by molar-refractivity contribution is 7.19. The van der Waals surface area contributed by atoms with Crippen molar-refractivity contribution in [1.29, 1.82) is 5.26 Å². The average Bonchev–Trinajstić information content (AvgIpc) is 3.02. The molecule has 2 aromatic rings. The number of ether oxygens (including phenoxy) is 1. The minimum absolute atomic E-state index is 0.0229. The van der Waals surface area contributed by atoms with E-state index in [1.54, 1.807) is 18.2 Å². The lowest BCUT2D eigenvalue weighted by atomic mass is 10.1. The van der Waals surface area contributed by atoms with Crippen molar-refractivity contribution < 1.29 is 9.84 Å². The van der Waals surface area contributed by atoms with Crippen LogP contribution in [0.25, 0.3) is 15.7 Å². The third-order valence-electron chi connectivity index (χ3n) is 3.34. The number of nitriles is 1. The normalized spacial score (nSPS) is 19.3. The number of allylic oxidation sites excluding steroid dienone is 1. The van der Waals surface area contributed by atoms with Gasteiger partial charge in [-0.2, -0.15) is 10.2 Å². The van der Waals surface area contributed by atoms with E-state index >= 15 is 0 Å². The monoisotopic (exact) mass is 300 g/mol. The summed E-state index contributed by atoms with van der Waals surface area (Å²) in [5.41, 5.74) is -0.373. The van der Waals surface area contributed by atoms with Crippen LogP contribution in [0.4, 0.5) is 0 Å². The first kappa shape index (κ1) is 13.7. The topological polar surface area (TPSA) is 83.2 Å². The van der Waals surface area contributed by atoms with E-state index in [4.69, 9.17) is 4.74 Å². The Labute approximate surface area is 124 Å². The fourth-order valence-electron chi connectivity index (χ4n) is 2.29. The van der Waals surface area contributed by atoms with Gasteiger partial charge in [-0.3, -0.25) is 4.79 Å². The van der Waals surface area contributed by atoms with E-state index in [-0.39, 0.29) is 16.3 Å². The average molecular weight is 300 g/mol. The van der Waals surface area contributed by atoms with Gasteiger partial charge in [0, 0.05) is 11.3 Å². The number of aliphatic hydroxyl groups excluding tert-OH is 1. The molecular weight excluding hydrogens is 288 g/mol. The molecule has 3 rings (SSSR count). The fraction of sp³-hybridized carbons (Fsp3) is 0.267. The van der Waals surface area contributed by atoms with Crippen molar-refractivity contribution in [3.05, 3.63) is 45.4 Å². The zero-order valence-corrected chi connectivity index (χ0v) is 11.9. The number of aliphatic hydroxyl groups is 1. The van der Waals surface area contributed by atoms with Gasteiger partial charge in [-0.15, -0.1) is 11.3 Å². The van der Waals surface area contributed by atoms with Crippen LogP contribution in [-0.4, -0.2) is 22.8 Å². The number of rotatable bonds is 2. The Morgan fingerprint density at radius 1 is 1.48 bits per heavy atom. The Morgan fingerprint density at radius 3 is 3.00 bits per heavy atom. The van der Waals surface area contributed by atoms with Crippen molar-refractivity contribution in [2.24, 2.45) is 0 Å². The van der Waals surface area contributed by atoms with Crippen LogP contribution in [-0.2, 0) is 4.74 Å². The second-order valence-corrected chi connectivity index (χ2v) is 5.72. The Balaban J connectivity index is 2.16. The van der Waals surface area contributed by atoms with E-state index in [9.17, 15) is 15.2 Å². The van der Waals surface area contributed by atoms with Gasteiger partial charge >= 0.3 is 0 Å². The number of hydrogen-bond acceptors (Lipinski definition) is 6. The van der Waals surface area contributed by atoms with Crippen molar-refractivity contribution >= 4 is 27.0 Å². The van der Waals surface area contributed by atoms with Crippen LogP contribution >= 0.6 is 11.3 Å². The van der Waals surface area contributed by atoms with Gasteiger partial charge in [-0.1, -0.05) is 12.1 Å². The van der Waals surface area contributed by atoms with Crippen molar-refractivity contribution in [2.75, 3.05) is 6.61 Å². The Kier molecular flexibility index (Phi) is 3.69. The van der Waals surface area contributed by atoms with E-state index in [2.05, 4.69) is 4.98 Å². The summed E-state index contributed by atoms with van der Waals surface area (Å²) < 4.78 is 6.11. The molecular formula is C15H12N2O3S. The largest absolute Gasteiger partial charge is 0.508 e. The smallest absolute Gasteiger partial charge is 0.279 e. The first-order valence-corrected chi connectivity index (χ1v) is 7.37. The van der Waals surface area contributed by atoms with Crippen molar-refractivity contribution in [3.63, 3.8) is 0 Å². The molecule has 2 heterocycles. The van der Waals surface area contributed by atoms with Crippen molar-refractivity contribution in [3.8, 4) is 6.07 Å². The number of aromatic nitrogens is 1. The summed E-state index contributed by atoms with van der Waals surface area (Å²) in [6.45, 7) is 0.564. The molecule has 0 amide bonds. The minimum Gasteiger partial charge on any atom is -0.508 e. The van der Waals surface area contributed by atoms with Crippen LogP contribution in [0.15, 0.2) is 34.8 Å². The molecule has 1 N–H and O–H groups in total. The van der Waals surface area contributed by atoms with Gasteiger partial charge in [-0.05, 0) is 25.0 Å². The highest BCUT2D eigenvalue weighted by atomic mass is 32.1. The first-order chi connectivity index (χ1) is 10.2. The third-order valence-corrected chi connectivity index (χ3v) is 4.41. The van der Waals surface area contributed by atoms with Gasteiger partial charge in [0.2, 0.25) is 0 Å². The molecule has 106 valence electrons. The molecule has 1 unspecified atom stereocenters. The maximum Gasteiger partial charge on any atom is 0.279 e. The standard InChI is InChI=1S/C15H12N2O3S/c16-8-10(13(18)11-5-3-7-20-11)15-17-14(19)9-4-1-2-6-12(9)21-15/h1-2,4,6,11,18H,3,5,7H2. The van der Waals surface area contributed by atoms with Crippen LogP contribution in [0.2, 0.25) is 0 Å². The molecule has 0 bridgehead atoms. The maximum absolute atomic E-state index is 12.0. The summed E-state index contributed by atoms with van der Waals surface area (Å²) in [5.74, 6) is -0.131. The number of benzene rings is 1. The van der Waals surface area contributed by atoms with E-state index < -0.39 is 11.7 Å². The maximum atomic E-state index is 12.0. The zero-order valence-electron chi connectivity index (χ0n) is 11.1. The molecule has 0 radical (unpaired) electrons. The Bertz CT molecular complexity index is 814. The fourth-order valence-corrected chi connectivity index (χ4v) is 3.29. The van der Waals surface area contributed by atoms with Gasteiger partial charge in [-0.25, -0.2) is 0 Å². The number of fused-ring (bicyclic) bond motifs is 1. The third kappa shape index (κ3) is 2.53. The molecule has 1 saturated heterocycles. The molecule has 1 atom stereocenters. The van der Waals surface area contributed by atoms with Gasteiger partial charge in [0.1, 0.15) is 28.5 Å². The predicted molar refractivity (Wildman–Crippen MR) is 80.0 cm³/mol. The zero-order chi connectivity index (χ0) is 14.8. The molecule has 1 aromatic heterocycles. The van der Waals surface area contributed by atoms with Crippen LogP contribution in [0, 0.1) is 11.3 Å². The molecule has 5 nitrogen and oxygen atoms in total. The number of hydrogen-bond donors (Lipinski definition) is 1. The van der Waals surface area contributed by atoms with Crippen molar-refractivity contribution in [2.45, 2.75) is 18.9 Å². The van der Waals surface area contributed by atoms with Crippen LogP contribution in [0.3, 0.4) is 0 Å². The summed E-state index contributed by atoms with van der Waals surface area (Å²) in [6.07, 6.45) is 1.03. The van der Waals surface area contributed by atoms with Crippen LogP contribution in [0.5, 0.6) is 0 Å². The highest BCUT2D eigenvalue weighted by Gasteiger charge is 2.25. The summed E-state index contributed by atoms with van der Waals surface area (Å²) in [7, 11) is 0. The SMILES string of the molecule is N#CC(=C(O)C1CCCO1)c1nc(=O)c2ccccc2s1. The molecule has 0 saturated carbocycles. The second-order valence-electron chi connectivity index (χ2n) is 4.69. The van der Waals surface area contributed by atoms with E-state index in [0.717, 1.165) is 11.1 Å². The molecule has 0 aliphatic carbocycles. The molecule has 1 aromatic carbocycles. The van der Waals surface area contributed by atoms with Gasteiger partial charge < -0.3 is 9.84 Å². The van der Waals surface area contributed by atoms with Crippen LogP contribution < -0.4 is 5.56 Å². The lowest BCUT2D eigenvalue weighted by molar-refractivity contribution is 0.103. The second kappa shape index (κ2) is 5.64. The van der Waals surface area contributed by atoms with Gasteiger partial charge in [0.25, 0.3) is 5.56 Å². The lowest BCUT2D eigenvalue weighted by Gasteiger charge is -2.10. The highest BCUT2D eigenvalue weighted by Crippen LogP contribution is 2.28. The first-order valence-electron chi connectivity index (χ1n) is 6.56. The minimum atomic E-state index is -0.477. The quantitative estimate of drug-likeness (QED) is 0.681. The predicted octanol–water partition coefficient (Wildman–Crippen LogP) is 2.63. The lowest BCUT2D eigenvalue weighted by Crippen LogP contribution is -2.13. The summed E-state index contributed by atoms with van der Waals surface area (Å²) in [5, 5.41) is 20.3. The van der Waals surface area contributed by atoms with Crippen molar-refractivity contribution in [1.82, 2.24) is 4.98 Å².